The molecule has 1 N–H and O–H groups in total. The van der Waals surface area contributed by atoms with E-state index in [0.717, 1.165) is 11.1 Å². The summed E-state index contributed by atoms with van der Waals surface area (Å²) in [6.07, 6.45) is -3.34. The molecule has 0 saturated heterocycles. The Morgan fingerprint density at radius 3 is 1.37 bits per heavy atom. The smallest absolute Gasteiger partial charge is 0.514 e. The van der Waals surface area contributed by atoms with Gasteiger partial charge >= 0.3 is 12.1 Å². The molecule has 6 aromatic carbocycles. The van der Waals surface area contributed by atoms with E-state index >= 15 is 0 Å². The average molecular weight is 959 g/mol. The van der Waals surface area contributed by atoms with E-state index < -0.39 is 24.8 Å². The van der Waals surface area contributed by atoms with Crippen LogP contribution >= 0.6 is 0 Å². The molecule has 1 unspecified atom stereocenters. The molecule has 0 amide bonds. The number of ether oxygens (including phenoxy) is 7. The van der Waals surface area contributed by atoms with Crippen molar-refractivity contribution in [2.24, 2.45) is 0 Å². The van der Waals surface area contributed by atoms with Crippen LogP contribution in [0.1, 0.15) is 43.0 Å². The molecule has 12 nitrogen and oxygen atoms in total. The van der Waals surface area contributed by atoms with Gasteiger partial charge in [0.25, 0.3) is 0 Å². The van der Waals surface area contributed by atoms with Crippen LogP contribution in [0.2, 0.25) is 0 Å². The van der Waals surface area contributed by atoms with Crippen LogP contribution in [0.5, 0.6) is 46.0 Å². The zero-order valence-corrected chi connectivity index (χ0v) is 38.6. The van der Waals surface area contributed by atoms with Gasteiger partial charge in [-0.3, -0.25) is 9.59 Å². The minimum absolute atomic E-state index is 0. The second-order valence-corrected chi connectivity index (χ2v) is 12.7. The Hall–Kier alpha value is -5.23. The van der Waals surface area contributed by atoms with Gasteiger partial charge in [0.2, 0.25) is 0 Å². The molecule has 60 heavy (non-hydrogen) atoms. The second-order valence-electron chi connectivity index (χ2n) is 12.7. The number of esters is 1. The van der Waals surface area contributed by atoms with Crippen LogP contribution in [0, 0.1) is 26.0 Å². The van der Waals surface area contributed by atoms with E-state index in [2.05, 4.69) is 12.1 Å². The largest absolute Gasteiger partial charge is 0.523 e. The van der Waals surface area contributed by atoms with Gasteiger partial charge in [-0.25, -0.2) is 9.59 Å². The molecule has 0 aliphatic heterocycles. The van der Waals surface area contributed by atoms with Crippen LogP contribution in [0.15, 0.2) is 121 Å². The summed E-state index contributed by atoms with van der Waals surface area (Å²) in [5, 5.41) is 10.8. The number of hydrogen-bond acceptors (Lipinski definition) is 12. The zero-order chi connectivity index (χ0) is 41.2. The predicted molar refractivity (Wildman–Crippen MR) is 210 cm³/mol. The molecule has 0 saturated carbocycles. The summed E-state index contributed by atoms with van der Waals surface area (Å²) in [6, 6.07) is 37.6. The number of methoxy groups -OCH3 is 2. The number of carbonyl (C=O) groups is 4. The molecule has 300 valence electrons. The molecule has 0 aliphatic rings. The SMILES string of the molecule is COc1[c-]cc(Oc2ccc(C(=O)c3ccc(C)cc3)cc2OC(=O)OCC(O)C(=O)Oc2cc(C(=O)c3ccc(C)cc3)ccc2Oc2c[c-]c(OC)cc2)cc1.[Y].[Y]. The van der Waals surface area contributed by atoms with Crippen LogP contribution < -0.4 is 28.4 Å². The summed E-state index contributed by atoms with van der Waals surface area (Å²) in [6.45, 7) is 2.90. The number of benzene rings is 6. The minimum atomic E-state index is -2.01. The maximum absolute atomic E-state index is 13.3. The van der Waals surface area contributed by atoms with Crippen molar-refractivity contribution in [1.29, 1.82) is 0 Å². The van der Waals surface area contributed by atoms with Crippen molar-refractivity contribution in [2.45, 2.75) is 20.0 Å². The monoisotopic (exact) mass is 958 g/mol. The Kier molecular flexibility index (Phi) is 17.7. The van der Waals surface area contributed by atoms with Gasteiger partial charge in [-0.1, -0.05) is 59.7 Å². The molecule has 0 spiro atoms. The topological polar surface area (TPSA) is 153 Å². The number of ketones is 2. The van der Waals surface area contributed by atoms with Gasteiger partial charge in [0, 0.05) is 111 Å². The molecule has 6 rings (SSSR count). The number of rotatable bonds is 15. The van der Waals surface area contributed by atoms with Crippen LogP contribution in [0.4, 0.5) is 4.79 Å². The van der Waals surface area contributed by atoms with E-state index in [4.69, 9.17) is 33.2 Å². The van der Waals surface area contributed by atoms with Crippen molar-refractivity contribution in [3.8, 4) is 46.0 Å². The van der Waals surface area contributed by atoms with Crippen molar-refractivity contribution < 1.29 is 123 Å². The third-order valence-corrected chi connectivity index (χ3v) is 8.48. The third-order valence-electron chi connectivity index (χ3n) is 8.48. The minimum Gasteiger partial charge on any atom is -0.523 e. The third kappa shape index (κ3) is 12.6. The Labute approximate surface area is 396 Å². The first kappa shape index (κ1) is 47.4. The Bertz CT molecular complexity index is 2420. The van der Waals surface area contributed by atoms with E-state index in [9.17, 15) is 24.3 Å². The van der Waals surface area contributed by atoms with Crippen LogP contribution in [0.25, 0.3) is 0 Å². The first-order valence-electron chi connectivity index (χ1n) is 17.7. The summed E-state index contributed by atoms with van der Waals surface area (Å²) in [5.74, 6) is -0.714. The van der Waals surface area contributed by atoms with E-state index in [1.165, 1.54) is 62.8 Å². The van der Waals surface area contributed by atoms with Gasteiger partial charge in [-0.15, -0.1) is 48.5 Å². The fourth-order valence-electron chi connectivity index (χ4n) is 5.31. The van der Waals surface area contributed by atoms with Gasteiger partial charge in [0.15, 0.2) is 40.7 Å². The number of aryl methyl sites for hydroxylation is 2. The summed E-state index contributed by atoms with van der Waals surface area (Å²) < 4.78 is 38.2. The zero-order valence-electron chi connectivity index (χ0n) is 32.9. The van der Waals surface area contributed by atoms with E-state index in [0.29, 0.717) is 34.1 Å². The molecule has 2 radical (unpaired) electrons. The first-order chi connectivity index (χ1) is 28.0. The van der Waals surface area contributed by atoms with Gasteiger partial charge < -0.3 is 38.3 Å². The van der Waals surface area contributed by atoms with E-state index in [1.807, 2.05) is 13.8 Å². The number of aliphatic hydroxyl groups excluding tert-OH is 1. The molecular weight excluding hydrogens is 922 g/mol. The summed E-state index contributed by atoms with van der Waals surface area (Å²) in [4.78, 5) is 52.9. The quantitative estimate of drug-likeness (QED) is 0.0346. The molecule has 0 aliphatic carbocycles. The second kappa shape index (κ2) is 22.4. The van der Waals surface area contributed by atoms with Gasteiger partial charge in [0.05, 0.1) is 14.2 Å². The summed E-state index contributed by atoms with van der Waals surface area (Å²) >= 11 is 0. The van der Waals surface area contributed by atoms with Crippen molar-refractivity contribution in [1.82, 2.24) is 0 Å². The van der Waals surface area contributed by atoms with Crippen molar-refractivity contribution >= 4 is 23.7 Å². The maximum Gasteiger partial charge on any atom is 0.514 e. The standard InChI is InChI=1S/C46H36O12.2Y/c1-28-5-9-30(10-6-28)43(48)32-13-23-39(55-36-19-15-34(52-3)16-20-36)41(25-32)57-45(50)38(47)27-54-46(51)58-42-26-33(44(49)31-11-7-29(2)8-12-31)14-24-40(42)56-37-21-17-35(53-4)18-22-37;;/h5-15,17,19-26,38,47H,27H2,1-4H3;;/q-2;;. The van der Waals surface area contributed by atoms with Crippen molar-refractivity contribution in [2.75, 3.05) is 20.8 Å². The van der Waals surface area contributed by atoms with Crippen LogP contribution in [-0.4, -0.2) is 55.7 Å². The van der Waals surface area contributed by atoms with Gasteiger partial charge in [-0.05, 0) is 50.2 Å². The van der Waals surface area contributed by atoms with Crippen LogP contribution in [-0.2, 0) is 74.9 Å². The molecule has 0 aromatic heterocycles. The molecule has 6 aromatic rings. The molecule has 14 heteroatoms. The Balaban J connectivity index is 0.00000397. The van der Waals surface area contributed by atoms with E-state index in [-0.39, 0.29) is 111 Å². The molecule has 0 fully saturated rings. The fourth-order valence-corrected chi connectivity index (χ4v) is 5.31. The summed E-state index contributed by atoms with van der Waals surface area (Å²) in [5.41, 5.74) is 3.08. The molecular formula is C46H36O12Y2-2. The normalized spacial score (nSPS) is 10.8. The van der Waals surface area contributed by atoms with Crippen molar-refractivity contribution in [3.63, 3.8) is 0 Å². The van der Waals surface area contributed by atoms with Crippen molar-refractivity contribution in [3.05, 3.63) is 167 Å². The number of carbonyl (C=O) groups excluding carboxylic acids is 4. The fraction of sp³-hybridized carbons (Fsp3) is 0.130. The average Bonchev–Trinajstić information content (AvgIpc) is 3.24. The van der Waals surface area contributed by atoms with Gasteiger partial charge in [-0.2, -0.15) is 0 Å². The number of hydrogen-bond donors (Lipinski definition) is 1. The molecule has 1 atom stereocenters. The Morgan fingerprint density at radius 1 is 0.550 bits per heavy atom. The van der Waals surface area contributed by atoms with E-state index in [1.54, 1.807) is 72.8 Å². The maximum atomic E-state index is 13.3. The van der Waals surface area contributed by atoms with Gasteiger partial charge in [0.1, 0.15) is 6.61 Å². The molecule has 0 heterocycles. The predicted octanol–water partition coefficient (Wildman–Crippen LogP) is 8.44. The first-order valence-corrected chi connectivity index (χ1v) is 17.7. The molecule has 0 bridgehead atoms. The summed E-state index contributed by atoms with van der Waals surface area (Å²) in [7, 11) is 2.98. The number of aliphatic hydroxyl groups is 1. The van der Waals surface area contributed by atoms with Crippen LogP contribution in [0.3, 0.4) is 0 Å². The Morgan fingerprint density at radius 2 is 0.967 bits per heavy atom.